The maximum atomic E-state index is 12.1. The molecule has 142 valence electrons. The van der Waals surface area contributed by atoms with Crippen molar-refractivity contribution in [1.29, 1.82) is 0 Å². The molecule has 0 saturated carbocycles. The monoisotopic (exact) mass is 474 g/mol. The van der Waals surface area contributed by atoms with Crippen LogP contribution in [0.3, 0.4) is 0 Å². The molecule has 1 amide bonds. The number of alkyl halides is 3. The van der Waals surface area contributed by atoms with E-state index in [1.807, 2.05) is 0 Å². The molecule has 1 aromatic carbocycles. The number of carbonyl (C=O) groups excluding carboxylic acids is 1. The molecule has 1 rings (SSSR count). The summed E-state index contributed by atoms with van der Waals surface area (Å²) in [6, 6.07) is 6.13. The Hall–Kier alpha value is -1.72. The summed E-state index contributed by atoms with van der Waals surface area (Å²) in [5, 5.41) is 17.8. The zero-order valence-electron chi connectivity index (χ0n) is 13.7. The highest BCUT2D eigenvalue weighted by atomic mass is 127. The number of para-hydroxylation sites is 1. The zero-order chi connectivity index (χ0) is 18.0. The fraction of sp³-hybridized carbons (Fsp3) is 0.467. The topological polar surface area (TPSA) is 85.8 Å². The van der Waals surface area contributed by atoms with Gasteiger partial charge in [-0.05, 0) is 19.1 Å². The summed E-state index contributed by atoms with van der Waals surface area (Å²) < 4.78 is 36.3. The van der Waals surface area contributed by atoms with Crippen molar-refractivity contribution >= 4 is 35.8 Å². The van der Waals surface area contributed by atoms with Crippen molar-refractivity contribution in [1.82, 2.24) is 16.0 Å². The molecule has 10 heteroatoms. The van der Waals surface area contributed by atoms with E-state index in [2.05, 4.69) is 20.9 Å². The van der Waals surface area contributed by atoms with Crippen molar-refractivity contribution in [2.75, 3.05) is 26.2 Å². The zero-order valence-corrected chi connectivity index (χ0v) is 16.0. The molecular formula is C15H22F3IN4O2. The van der Waals surface area contributed by atoms with Crippen molar-refractivity contribution < 1.29 is 23.1 Å². The summed E-state index contributed by atoms with van der Waals surface area (Å²) in [4.78, 5) is 15.7. The molecule has 0 saturated heterocycles. The van der Waals surface area contributed by atoms with Crippen LogP contribution in [-0.2, 0) is 0 Å². The third-order valence-electron chi connectivity index (χ3n) is 2.86. The highest BCUT2D eigenvalue weighted by Gasteiger charge is 2.26. The Morgan fingerprint density at radius 2 is 1.80 bits per heavy atom. The van der Waals surface area contributed by atoms with Crippen LogP contribution in [0.15, 0.2) is 29.3 Å². The second kappa shape index (κ2) is 11.8. The van der Waals surface area contributed by atoms with E-state index in [4.69, 9.17) is 0 Å². The van der Waals surface area contributed by atoms with Gasteiger partial charge >= 0.3 is 6.18 Å². The number of benzene rings is 1. The van der Waals surface area contributed by atoms with Crippen LogP contribution in [0.4, 0.5) is 13.2 Å². The van der Waals surface area contributed by atoms with Gasteiger partial charge in [0.2, 0.25) is 0 Å². The van der Waals surface area contributed by atoms with Gasteiger partial charge in [-0.25, -0.2) is 0 Å². The Kier molecular flexibility index (Phi) is 11.0. The molecule has 6 nitrogen and oxygen atoms in total. The van der Waals surface area contributed by atoms with Gasteiger partial charge in [0.05, 0.1) is 18.5 Å². The molecule has 0 unspecified atom stereocenters. The molecule has 1 aromatic rings. The molecule has 0 aromatic heterocycles. The average molecular weight is 474 g/mol. The molecule has 0 radical (unpaired) electrons. The second-order valence-electron chi connectivity index (χ2n) is 4.83. The maximum Gasteiger partial charge on any atom is 0.390 e. The first kappa shape index (κ1) is 23.3. The number of nitrogens with zero attached hydrogens (tertiary/aromatic N) is 1. The van der Waals surface area contributed by atoms with Crippen molar-refractivity contribution in [2.45, 2.75) is 19.5 Å². The number of rotatable bonds is 7. The minimum atomic E-state index is -4.24. The predicted molar refractivity (Wildman–Crippen MR) is 101 cm³/mol. The van der Waals surface area contributed by atoms with Gasteiger partial charge in [0, 0.05) is 19.6 Å². The van der Waals surface area contributed by atoms with Crippen LogP contribution in [-0.4, -0.2) is 49.3 Å². The van der Waals surface area contributed by atoms with E-state index in [-0.39, 0.29) is 60.9 Å². The Labute approximate surface area is 161 Å². The maximum absolute atomic E-state index is 12.1. The Bertz CT molecular complexity index is 568. The van der Waals surface area contributed by atoms with E-state index >= 15 is 0 Å². The number of phenolic OH excluding ortho intramolecular Hbond substituents is 1. The van der Waals surface area contributed by atoms with Gasteiger partial charge in [-0.1, -0.05) is 12.1 Å². The van der Waals surface area contributed by atoms with E-state index in [1.165, 1.54) is 12.1 Å². The van der Waals surface area contributed by atoms with E-state index in [0.717, 1.165) is 0 Å². The molecule has 4 N–H and O–H groups in total. The number of halogens is 4. The number of guanidine groups is 1. The lowest BCUT2D eigenvalue weighted by Gasteiger charge is -2.12. The van der Waals surface area contributed by atoms with Crippen LogP contribution in [0.2, 0.25) is 0 Å². The van der Waals surface area contributed by atoms with Crippen molar-refractivity contribution in [3.05, 3.63) is 29.8 Å². The number of amides is 1. The summed E-state index contributed by atoms with van der Waals surface area (Å²) >= 11 is 0. The van der Waals surface area contributed by atoms with Gasteiger partial charge in [0.25, 0.3) is 5.91 Å². The van der Waals surface area contributed by atoms with Gasteiger partial charge in [-0.3, -0.25) is 9.79 Å². The first-order valence-electron chi connectivity index (χ1n) is 7.48. The first-order valence-corrected chi connectivity index (χ1v) is 7.48. The van der Waals surface area contributed by atoms with Crippen LogP contribution >= 0.6 is 24.0 Å². The predicted octanol–water partition coefficient (Wildman–Crippen LogP) is 2.25. The number of aliphatic imine (C=N–C) groups is 1. The minimum absolute atomic E-state index is 0. The second-order valence-corrected chi connectivity index (χ2v) is 4.83. The molecular weight excluding hydrogens is 452 g/mol. The SMILES string of the molecule is CCNC(=NCCC(F)(F)F)NCCNC(=O)c1ccccc1O.I. The van der Waals surface area contributed by atoms with Crippen molar-refractivity contribution in [3.8, 4) is 5.75 Å². The molecule has 0 spiro atoms. The molecule has 0 heterocycles. The number of phenols is 1. The number of carbonyl (C=O) groups is 1. The molecule has 25 heavy (non-hydrogen) atoms. The van der Waals surface area contributed by atoms with Crippen LogP contribution in [0, 0.1) is 0 Å². The molecule has 0 atom stereocenters. The standard InChI is InChI=1S/C15H21F3N4O2.HI/c1-2-19-14(21-8-7-15(16,17)18)22-10-9-20-13(24)11-5-3-4-6-12(11)23;/h3-6,23H,2,7-10H2,1H3,(H,20,24)(H2,19,21,22);1H. The average Bonchev–Trinajstić information content (AvgIpc) is 2.50. The fourth-order valence-corrected chi connectivity index (χ4v) is 1.75. The van der Waals surface area contributed by atoms with E-state index in [0.29, 0.717) is 6.54 Å². The highest BCUT2D eigenvalue weighted by Crippen LogP contribution is 2.18. The summed E-state index contributed by atoms with van der Waals surface area (Å²) in [5.41, 5.74) is 0.156. The van der Waals surface area contributed by atoms with Gasteiger partial charge in [0.15, 0.2) is 5.96 Å². The molecule has 0 fully saturated rings. The van der Waals surface area contributed by atoms with Crippen molar-refractivity contribution in [2.24, 2.45) is 4.99 Å². The van der Waals surface area contributed by atoms with Crippen LogP contribution < -0.4 is 16.0 Å². The number of aromatic hydroxyl groups is 1. The lowest BCUT2D eigenvalue weighted by Crippen LogP contribution is -2.41. The first-order chi connectivity index (χ1) is 11.3. The van der Waals surface area contributed by atoms with Crippen LogP contribution in [0.25, 0.3) is 0 Å². The smallest absolute Gasteiger partial charge is 0.390 e. The molecule has 0 aliphatic rings. The largest absolute Gasteiger partial charge is 0.507 e. The van der Waals surface area contributed by atoms with Crippen molar-refractivity contribution in [3.63, 3.8) is 0 Å². The fourth-order valence-electron chi connectivity index (χ4n) is 1.75. The summed E-state index contributed by atoms with van der Waals surface area (Å²) in [6.45, 7) is 2.42. The lowest BCUT2D eigenvalue weighted by molar-refractivity contribution is -0.132. The molecule has 0 bridgehead atoms. The van der Waals surface area contributed by atoms with Crippen LogP contribution in [0.5, 0.6) is 5.75 Å². The van der Waals surface area contributed by atoms with Gasteiger partial charge in [-0.2, -0.15) is 13.2 Å². The third-order valence-corrected chi connectivity index (χ3v) is 2.86. The van der Waals surface area contributed by atoms with Gasteiger partial charge < -0.3 is 21.1 Å². The quantitative estimate of drug-likeness (QED) is 0.212. The Balaban J connectivity index is 0.00000576. The van der Waals surface area contributed by atoms with Crippen LogP contribution in [0.1, 0.15) is 23.7 Å². The molecule has 0 aliphatic carbocycles. The number of nitrogens with one attached hydrogen (secondary N) is 3. The Morgan fingerprint density at radius 1 is 1.16 bits per heavy atom. The van der Waals surface area contributed by atoms with E-state index in [9.17, 15) is 23.1 Å². The van der Waals surface area contributed by atoms with E-state index < -0.39 is 18.5 Å². The number of hydrogen-bond donors (Lipinski definition) is 4. The van der Waals surface area contributed by atoms with Gasteiger partial charge in [-0.15, -0.1) is 24.0 Å². The summed E-state index contributed by atoms with van der Waals surface area (Å²) in [5.74, 6) is -0.308. The highest BCUT2D eigenvalue weighted by molar-refractivity contribution is 14.0. The Morgan fingerprint density at radius 3 is 2.40 bits per heavy atom. The minimum Gasteiger partial charge on any atom is -0.507 e. The summed E-state index contributed by atoms with van der Waals surface area (Å²) in [6.07, 6.45) is -5.24. The van der Waals surface area contributed by atoms with E-state index in [1.54, 1.807) is 19.1 Å². The lowest BCUT2D eigenvalue weighted by atomic mass is 10.2. The normalized spacial score (nSPS) is 11.4. The third kappa shape index (κ3) is 9.99. The molecule has 0 aliphatic heterocycles. The summed E-state index contributed by atoms with van der Waals surface area (Å²) in [7, 11) is 0. The van der Waals surface area contributed by atoms with Gasteiger partial charge in [0.1, 0.15) is 5.75 Å². The number of hydrogen-bond acceptors (Lipinski definition) is 3.